The molecule has 30 heavy (non-hydrogen) atoms. The number of ether oxygens (including phenoxy) is 1. The lowest BCUT2D eigenvalue weighted by molar-refractivity contribution is -0.138. The van der Waals surface area contributed by atoms with E-state index in [4.69, 9.17) is 4.74 Å². The lowest BCUT2D eigenvalue weighted by Gasteiger charge is -2.40. The third kappa shape index (κ3) is 2.77. The summed E-state index contributed by atoms with van der Waals surface area (Å²) in [5, 5.41) is 13.5. The number of Topliss-reactive ketones (excluding diaryl/α,β-unsaturated/α-hetero) is 1. The third-order valence-electron chi connectivity index (χ3n) is 6.85. The van der Waals surface area contributed by atoms with Gasteiger partial charge in [0, 0.05) is 47.2 Å². The largest absolute Gasteiger partial charge is 0.440 e. The number of carbonyl (C=O) groups is 4. The van der Waals surface area contributed by atoms with Crippen molar-refractivity contribution in [3.05, 3.63) is 41.9 Å². The Balaban J connectivity index is 1.49. The monoisotopic (exact) mass is 413 g/mol. The molecule has 1 fully saturated rings. The van der Waals surface area contributed by atoms with Crippen molar-refractivity contribution in [3.63, 3.8) is 0 Å². The second-order valence-electron chi connectivity index (χ2n) is 8.96. The highest BCUT2D eigenvalue weighted by Crippen LogP contribution is 2.65. The lowest BCUT2D eigenvalue weighted by atomic mass is 9.67. The fourth-order valence-corrected chi connectivity index (χ4v) is 4.89. The van der Waals surface area contributed by atoms with E-state index >= 15 is 0 Å². The zero-order valence-electron chi connectivity index (χ0n) is 17.3. The molecule has 1 aliphatic heterocycles. The van der Waals surface area contributed by atoms with Gasteiger partial charge >= 0.3 is 6.09 Å². The summed E-state index contributed by atoms with van der Waals surface area (Å²) in [5.41, 5.74) is -1.11. The molecule has 4 aliphatic rings. The Morgan fingerprint density at radius 1 is 1.27 bits per heavy atom. The maximum absolute atomic E-state index is 13.0. The molecular formula is C22H25N2O6. The zero-order chi connectivity index (χ0) is 22.1. The smallest absolute Gasteiger partial charge is 0.407 e. The fourth-order valence-electron chi connectivity index (χ4n) is 4.89. The van der Waals surface area contributed by atoms with Crippen LogP contribution in [0.3, 0.4) is 0 Å². The molecule has 8 nitrogen and oxygen atoms in total. The summed E-state index contributed by atoms with van der Waals surface area (Å²) in [4.78, 5) is 49.6. The van der Waals surface area contributed by atoms with Crippen molar-refractivity contribution in [2.45, 2.75) is 45.3 Å². The first-order chi connectivity index (χ1) is 13.9. The molecule has 1 saturated carbocycles. The summed E-state index contributed by atoms with van der Waals surface area (Å²) in [6, 6.07) is 0. The standard InChI is InChI=1S/C22H25N2O6/c1-12-16-13(17(27)21(4,29)22(12)7-8-22)11-20(2,3)18(16)30-19(28)23-9-10-24-14(25)5-6-15(24)26/h5-6,11,18,29H,2,7-10H2,1,3-4H3,(H,23,28)/t18-,20-,21-/m0/s1. The van der Waals surface area contributed by atoms with Gasteiger partial charge in [0.05, 0.1) is 0 Å². The van der Waals surface area contributed by atoms with Gasteiger partial charge in [-0.2, -0.15) is 0 Å². The Kier molecular flexibility index (Phi) is 4.36. The number of nitrogens with one attached hydrogen (secondary N) is 1. The molecule has 0 unspecified atom stereocenters. The van der Waals surface area contributed by atoms with Crippen LogP contribution in [0.25, 0.3) is 0 Å². The number of hydrogen-bond acceptors (Lipinski definition) is 6. The summed E-state index contributed by atoms with van der Waals surface area (Å²) < 4.78 is 5.66. The second-order valence-corrected chi connectivity index (χ2v) is 8.96. The Labute approximate surface area is 174 Å². The minimum atomic E-state index is -1.48. The van der Waals surface area contributed by atoms with Crippen LogP contribution in [0, 0.1) is 17.8 Å². The van der Waals surface area contributed by atoms with Gasteiger partial charge in [-0.15, -0.1) is 0 Å². The number of alkyl carbamates (subject to hydrolysis) is 1. The Hall–Kier alpha value is -2.74. The second kappa shape index (κ2) is 6.38. The normalized spacial score (nSPS) is 30.7. The quantitative estimate of drug-likeness (QED) is 0.670. The lowest BCUT2D eigenvalue weighted by Crippen LogP contribution is -2.50. The van der Waals surface area contributed by atoms with Gasteiger partial charge in [-0.25, -0.2) is 4.79 Å². The van der Waals surface area contributed by atoms with Crippen molar-refractivity contribution < 1.29 is 29.0 Å². The number of rotatable bonds is 4. The zero-order valence-corrected chi connectivity index (χ0v) is 17.3. The topological polar surface area (TPSA) is 113 Å². The van der Waals surface area contributed by atoms with Crippen molar-refractivity contribution in [2.75, 3.05) is 13.1 Å². The van der Waals surface area contributed by atoms with Crippen molar-refractivity contribution in [1.29, 1.82) is 0 Å². The van der Waals surface area contributed by atoms with E-state index in [0.717, 1.165) is 10.5 Å². The summed E-state index contributed by atoms with van der Waals surface area (Å²) in [5.74, 6) is -1.21. The first-order valence-corrected chi connectivity index (χ1v) is 9.97. The van der Waals surface area contributed by atoms with E-state index in [-0.39, 0.29) is 18.9 Å². The van der Waals surface area contributed by atoms with E-state index in [1.54, 1.807) is 19.9 Å². The van der Waals surface area contributed by atoms with Crippen molar-refractivity contribution in [1.82, 2.24) is 10.2 Å². The minimum Gasteiger partial charge on any atom is -0.440 e. The first-order valence-electron chi connectivity index (χ1n) is 9.97. The number of nitrogens with zero attached hydrogens (tertiary/aromatic N) is 1. The van der Waals surface area contributed by atoms with Gasteiger partial charge in [0.25, 0.3) is 11.8 Å². The Morgan fingerprint density at radius 3 is 2.43 bits per heavy atom. The molecule has 1 radical (unpaired) electrons. The van der Waals surface area contributed by atoms with Crippen molar-refractivity contribution in [3.8, 4) is 0 Å². The number of hydrogen-bond donors (Lipinski definition) is 2. The molecule has 4 rings (SSSR count). The molecule has 0 saturated heterocycles. The van der Waals surface area contributed by atoms with Crippen LogP contribution in [0.4, 0.5) is 4.79 Å². The van der Waals surface area contributed by atoms with Crippen molar-refractivity contribution in [2.24, 2.45) is 10.8 Å². The summed E-state index contributed by atoms with van der Waals surface area (Å²) >= 11 is 0. The summed E-state index contributed by atoms with van der Waals surface area (Å²) in [6.45, 7) is 9.39. The molecular weight excluding hydrogens is 388 g/mol. The van der Waals surface area contributed by atoms with E-state index in [2.05, 4.69) is 12.2 Å². The van der Waals surface area contributed by atoms with Crippen LogP contribution in [-0.2, 0) is 19.1 Å². The molecule has 159 valence electrons. The van der Waals surface area contributed by atoms with E-state index in [1.807, 2.05) is 6.92 Å². The molecule has 0 bridgehead atoms. The van der Waals surface area contributed by atoms with Crippen LogP contribution in [0.2, 0.25) is 0 Å². The summed E-state index contributed by atoms with van der Waals surface area (Å²) in [7, 11) is 0. The van der Waals surface area contributed by atoms with Crippen LogP contribution in [-0.4, -0.2) is 58.5 Å². The molecule has 2 N–H and O–H groups in total. The number of amides is 3. The molecule has 8 heteroatoms. The predicted molar refractivity (Wildman–Crippen MR) is 106 cm³/mol. The van der Waals surface area contributed by atoms with Crippen LogP contribution < -0.4 is 5.32 Å². The molecule has 0 aromatic rings. The van der Waals surface area contributed by atoms with Gasteiger partial charge in [0.2, 0.25) is 0 Å². The average molecular weight is 413 g/mol. The molecule has 3 aliphatic carbocycles. The molecule has 1 spiro atoms. The average Bonchev–Trinajstić information content (AvgIpc) is 3.37. The van der Waals surface area contributed by atoms with Gasteiger partial charge in [0.15, 0.2) is 5.78 Å². The molecule has 3 amide bonds. The molecule has 3 atom stereocenters. The highest BCUT2D eigenvalue weighted by Gasteiger charge is 2.66. The highest BCUT2D eigenvalue weighted by molar-refractivity contribution is 6.13. The maximum Gasteiger partial charge on any atom is 0.407 e. The van der Waals surface area contributed by atoms with E-state index < -0.39 is 40.4 Å². The van der Waals surface area contributed by atoms with Gasteiger partial charge in [-0.3, -0.25) is 19.3 Å². The molecule has 1 heterocycles. The SMILES string of the molecule is [CH2][C@]1(C)C=C2C(=O)[C@](C)(O)C3(CC3)C(C)=C2[C@@H]1OC(=O)NCCN1C(=O)C=CC1=O. The van der Waals surface area contributed by atoms with Gasteiger partial charge < -0.3 is 15.2 Å². The van der Waals surface area contributed by atoms with Gasteiger partial charge in [0.1, 0.15) is 11.7 Å². The fraction of sp³-hybridized carbons (Fsp3) is 0.500. The Morgan fingerprint density at radius 2 is 1.87 bits per heavy atom. The van der Waals surface area contributed by atoms with Crippen LogP contribution in [0.5, 0.6) is 0 Å². The van der Waals surface area contributed by atoms with Gasteiger partial charge in [-0.1, -0.05) is 18.6 Å². The van der Waals surface area contributed by atoms with Crippen LogP contribution in [0.1, 0.15) is 33.6 Å². The Bertz CT molecular complexity index is 946. The van der Waals surface area contributed by atoms with E-state index in [0.29, 0.717) is 24.0 Å². The van der Waals surface area contributed by atoms with Gasteiger partial charge in [-0.05, 0) is 33.6 Å². The molecule has 0 aromatic carbocycles. The summed E-state index contributed by atoms with van der Waals surface area (Å²) in [6.07, 6.45) is 3.92. The van der Waals surface area contributed by atoms with E-state index in [9.17, 15) is 24.3 Å². The number of aliphatic hydroxyl groups is 1. The molecule has 0 aromatic heterocycles. The van der Waals surface area contributed by atoms with E-state index in [1.165, 1.54) is 12.2 Å². The number of carbonyl (C=O) groups excluding carboxylic acids is 4. The van der Waals surface area contributed by atoms with Crippen LogP contribution in [0.15, 0.2) is 34.9 Å². The number of imide groups is 1. The number of ketones is 1. The maximum atomic E-state index is 13.0. The first kappa shape index (κ1) is 20.5. The predicted octanol–water partition coefficient (Wildman–Crippen LogP) is 1.22. The van der Waals surface area contributed by atoms with Crippen molar-refractivity contribution >= 4 is 23.7 Å². The highest BCUT2D eigenvalue weighted by atomic mass is 16.6. The minimum absolute atomic E-state index is 0.0295. The van der Waals surface area contributed by atoms with Crippen LogP contribution >= 0.6 is 0 Å². The number of fused-ring (bicyclic) bond motifs is 1. The third-order valence-corrected chi connectivity index (χ3v) is 6.85.